The molecule has 15 heteroatoms. The van der Waals surface area contributed by atoms with Crippen LogP contribution in [-0.4, -0.2) is 65.1 Å². The summed E-state index contributed by atoms with van der Waals surface area (Å²) in [6.07, 6.45) is 0.840. The molecule has 0 saturated heterocycles. The zero-order chi connectivity index (χ0) is 26.8. The fourth-order valence-corrected chi connectivity index (χ4v) is 2.75. The first kappa shape index (κ1) is 27.2. The van der Waals surface area contributed by atoms with Gasteiger partial charge < -0.3 is 31.7 Å². The van der Waals surface area contributed by atoms with Crippen molar-refractivity contribution in [3.8, 4) is 0 Å². The van der Waals surface area contributed by atoms with E-state index < -0.39 is 35.4 Å². The van der Waals surface area contributed by atoms with Crippen molar-refractivity contribution in [1.29, 1.82) is 0 Å². The smallest absolute Gasteiger partial charge is 0.326 e. The second kappa shape index (κ2) is 12.4. The van der Waals surface area contributed by atoms with E-state index in [0.717, 1.165) is 6.92 Å². The number of amides is 1. The summed E-state index contributed by atoms with van der Waals surface area (Å²) < 4.78 is 0. The number of rotatable bonds is 9. The molecule has 1 aromatic carbocycles. The number of nitrogen functional groups attached to an aromatic ring is 1. The molecule has 190 valence electrons. The second-order valence-corrected chi connectivity index (χ2v) is 7.23. The Hall–Kier alpha value is -5.08. The van der Waals surface area contributed by atoms with Crippen molar-refractivity contribution in [3.05, 3.63) is 52.1 Å². The van der Waals surface area contributed by atoms with Gasteiger partial charge in [0.2, 0.25) is 5.95 Å². The summed E-state index contributed by atoms with van der Waals surface area (Å²) in [5, 5.41) is 30.6. The van der Waals surface area contributed by atoms with Gasteiger partial charge in [-0.25, -0.2) is 14.8 Å². The Balaban J connectivity index is 0.00000106. The average molecular weight is 501 g/mol. The third kappa shape index (κ3) is 8.36. The van der Waals surface area contributed by atoms with Gasteiger partial charge in [0.05, 0.1) is 18.4 Å². The Morgan fingerprint density at radius 2 is 1.72 bits per heavy atom. The van der Waals surface area contributed by atoms with Crippen LogP contribution in [0.5, 0.6) is 0 Å². The van der Waals surface area contributed by atoms with Gasteiger partial charge >= 0.3 is 11.9 Å². The van der Waals surface area contributed by atoms with Gasteiger partial charge in [-0.3, -0.25) is 24.2 Å². The standard InChI is InChI=1S/C19H19N7O6.C2H4O2/c20-19-25-15-14(17(30)26-19)23-11(8-22-15)7-21-10-3-1-9(2-4-10)16(29)24-12(18(31)32)5-6-13(27)28;1-2(3)4/h1-4,8,12,21H,5-7H2,(H,24,29)(H,27,28)(H,31,32)(H3,20,22,25,26,30);1H3,(H,3,4). The fourth-order valence-electron chi connectivity index (χ4n) is 2.75. The lowest BCUT2D eigenvalue weighted by atomic mass is 10.1. The number of aromatic nitrogens is 4. The van der Waals surface area contributed by atoms with E-state index in [-0.39, 0.29) is 42.1 Å². The molecule has 3 rings (SSSR count). The molecular formula is C21H23N7O8. The molecule has 8 N–H and O–H groups in total. The van der Waals surface area contributed by atoms with Gasteiger partial charge in [0.15, 0.2) is 11.2 Å². The van der Waals surface area contributed by atoms with E-state index in [2.05, 4.69) is 30.6 Å². The number of hydrogen-bond donors (Lipinski definition) is 7. The summed E-state index contributed by atoms with van der Waals surface area (Å²) in [6, 6.07) is 4.86. The molecule has 3 aromatic rings. The van der Waals surface area contributed by atoms with Crippen molar-refractivity contribution >= 4 is 46.6 Å². The van der Waals surface area contributed by atoms with Gasteiger partial charge in [0, 0.05) is 24.6 Å². The van der Waals surface area contributed by atoms with Gasteiger partial charge in [0.1, 0.15) is 6.04 Å². The molecule has 2 aromatic heterocycles. The fraction of sp³-hybridized carbons (Fsp3) is 0.238. The predicted molar refractivity (Wildman–Crippen MR) is 125 cm³/mol. The minimum Gasteiger partial charge on any atom is -0.481 e. The molecule has 0 aliphatic heterocycles. The quantitative estimate of drug-likeness (QED) is 0.205. The highest BCUT2D eigenvalue weighted by Crippen LogP contribution is 2.12. The maximum absolute atomic E-state index is 12.3. The maximum Gasteiger partial charge on any atom is 0.326 e. The lowest BCUT2D eigenvalue weighted by Crippen LogP contribution is -2.41. The number of carbonyl (C=O) groups excluding carboxylic acids is 1. The number of benzene rings is 1. The van der Waals surface area contributed by atoms with Gasteiger partial charge in [-0.2, -0.15) is 4.98 Å². The number of nitrogens with one attached hydrogen (secondary N) is 3. The van der Waals surface area contributed by atoms with Crippen molar-refractivity contribution in [2.75, 3.05) is 11.1 Å². The van der Waals surface area contributed by atoms with E-state index in [9.17, 15) is 19.2 Å². The number of fused-ring (bicyclic) bond motifs is 1. The molecule has 0 aliphatic carbocycles. The first-order valence-corrected chi connectivity index (χ1v) is 10.3. The van der Waals surface area contributed by atoms with Crippen LogP contribution in [0.4, 0.5) is 11.6 Å². The summed E-state index contributed by atoms with van der Waals surface area (Å²) >= 11 is 0. The van der Waals surface area contributed by atoms with E-state index in [1.165, 1.54) is 18.3 Å². The van der Waals surface area contributed by atoms with Crippen LogP contribution in [-0.2, 0) is 20.9 Å². The summed E-state index contributed by atoms with van der Waals surface area (Å²) in [6.45, 7) is 1.31. The first-order chi connectivity index (χ1) is 17.0. The molecule has 1 amide bonds. The number of nitrogens with zero attached hydrogens (tertiary/aromatic N) is 3. The molecule has 1 atom stereocenters. The minimum absolute atomic E-state index is 0.0524. The van der Waals surface area contributed by atoms with Crippen molar-refractivity contribution in [2.24, 2.45) is 0 Å². The number of carboxylic acid groups (broad SMARTS) is 3. The van der Waals surface area contributed by atoms with Crippen molar-refractivity contribution < 1.29 is 34.5 Å². The van der Waals surface area contributed by atoms with Crippen LogP contribution in [0.3, 0.4) is 0 Å². The average Bonchev–Trinajstić information content (AvgIpc) is 2.80. The largest absolute Gasteiger partial charge is 0.481 e. The molecule has 36 heavy (non-hydrogen) atoms. The summed E-state index contributed by atoms with van der Waals surface area (Å²) in [7, 11) is 0. The first-order valence-electron chi connectivity index (χ1n) is 10.3. The number of hydrogen-bond acceptors (Lipinski definition) is 10. The van der Waals surface area contributed by atoms with Crippen LogP contribution in [0, 0.1) is 0 Å². The van der Waals surface area contributed by atoms with E-state index in [0.29, 0.717) is 11.4 Å². The van der Waals surface area contributed by atoms with Gasteiger partial charge in [-0.15, -0.1) is 0 Å². The van der Waals surface area contributed by atoms with E-state index >= 15 is 0 Å². The molecule has 15 nitrogen and oxygen atoms in total. The molecule has 2 heterocycles. The van der Waals surface area contributed by atoms with Crippen LogP contribution >= 0.6 is 0 Å². The van der Waals surface area contributed by atoms with E-state index in [4.69, 9.17) is 25.8 Å². The molecular weight excluding hydrogens is 478 g/mol. The van der Waals surface area contributed by atoms with Crippen LogP contribution in [0.25, 0.3) is 11.2 Å². The summed E-state index contributed by atoms with van der Waals surface area (Å²) in [4.78, 5) is 69.6. The number of aromatic amines is 1. The Morgan fingerprint density at radius 1 is 1.08 bits per heavy atom. The highest BCUT2D eigenvalue weighted by Gasteiger charge is 2.21. The van der Waals surface area contributed by atoms with Crippen LogP contribution in [0.15, 0.2) is 35.3 Å². The van der Waals surface area contributed by atoms with E-state index in [1.807, 2.05) is 0 Å². The Morgan fingerprint density at radius 3 is 2.31 bits per heavy atom. The van der Waals surface area contributed by atoms with Crippen molar-refractivity contribution in [3.63, 3.8) is 0 Å². The van der Waals surface area contributed by atoms with E-state index in [1.54, 1.807) is 12.1 Å². The van der Waals surface area contributed by atoms with Crippen LogP contribution in [0.1, 0.15) is 35.8 Å². The van der Waals surface area contributed by atoms with Gasteiger partial charge in [-0.1, -0.05) is 0 Å². The second-order valence-electron chi connectivity index (χ2n) is 7.23. The zero-order valence-corrected chi connectivity index (χ0v) is 18.9. The monoisotopic (exact) mass is 501 g/mol. The summed E-state index contributed by atoms with van der Waals surface area (Å²) in [5.74, 6) is -3.99. The highest BCUT2D eigenvalue weighted by atomic mass is 16.4. The maximum atomic E-state index is 12.3. The Kier molecular flexibility index (Phi) is 9.36. The minimum atomic E-state index is -1.31. The number of anilines is 2. The molecule has 0 saturated carbocycles. The molecule has 0 aliphatic rings. The number of nitrogens with two attached hydrogens (primary N) is 1. The Labute approximate surface area is 202 Å². The van der Waals surface area contributed by atoms with Crippen molar-refractivity contribution in [2.45, 2.75) is 32.4 Å². The summed E-state index contributed by atoms with van der Waals surface area (Å²) in [5.41, 5.74) is 6.47. The number of carboxylic acids is 3. The SMILES string of the molecule is CC(=O)O.Nc1nc2ncc(CNc3ccc(C(=O)NC(CCC(=O)O)C(=O)O)cc3)nc2c(=O)[nH]1. The third-order valence-electron chi connectivity index (χ3n) is 4.36. The van der Waals surface area contributed by atoms with Gasteiger partial charge in [0.25, 0.3) is 17.4 Å². The number of aliphatic carboxylic acids is 3. The molecule has 0 fully saturated rings. The molecule has 0 bridgehead atoms. The lowest BCUT2D eigenvalue weighted by Gasteiger charge is -2.14. The molecule has 0 spiro atoms. The van der Waals surface area contributed by atoms with Crippen LogP contribution in [0.2, 0.25) is 0 Å². The molecule has 1 unspecified atom stereocenters. The number of carbonyl (C=O) groups is 4. The van der Waals surface area contributed by atoms with Crippen LogP contribution < -0.4 is 21.9 Å². The zero-order valence-electron chi connectivity index (χ0n) is 18.9. The topological polar surface area (TPSA) is 251 Å². The predicted octanol–water partition coefficient (Wildman–Crippen LogP) is 0.0461. The van der Waals surface area contributed by atoms with Crippen molar-refractivity contribution in [1.82, 2.24) is 25.3 Å². The highest BCUT2D eigenvalue weighted by molar-refractivity contribution is 5.96. The normalized spacial score (nSPS) is 11.0. The molecule has 0 radical (unpaired) electrons. The van der Waals surface area contributed by atoms with Gasteiger partial charge in [-0.05, 0) is 30.7 Å². The lowest BCUT2D eigenvalue weighted by molar-refractivity contribution is -0.140. The Bertz CT molecular complexity index is 1320. The number of H-pyrrole nitrogens is 1. The third-order valence-corrected chi connectivity index (χ3v) is 4.36.